The average Bonchev–Trinajstić information content (AvgIpc) is 3.01. The highest BCUT2D eigenvalue weighted by Crippen LogP contribution is 2.40. The number of nitrogens with zero attached hydrogens (tertiary/aromatic N) is 2. The molecule has 1 N–H and O–H groups in total. The lowest BCUT2D eigenvalue weighted by Crippen LogP contribution is -2.29. The molecular weight excluding hydrogens is 248 g/mol. The summed E-state index contributed by atoms with van der Waals surface area (Å²) in [6.07, 6.45) is 4.99. The SMILES string of the molecule is CN1CCC(c2c3n(c4cc(O)ccc24)CCC3)CC1. The molecule has 0 aliphatic carbocycles. The summed E-state index contributed by atoms with van der Waals surface area (Å²) in [5, 5.41) is 11.2. The Labute approximate surface area is 119 Å². The second-order valence-corrected chi connectivity index (χ2v) is 6.39. The van der Waals surface area contributed by atoms with Crippen LogP contribution in [-0.2, 0) is 13.0 Å². The molecule has 0 amide bonds. The number of fused-ring (bicyclic) bond motifs is 3. The Morgan fingerprint density at radius 3 is 2.75 bits per heavy atom. The molecule has 2 aliphatic heterocycles. The van der Waals surface area contributed by atoms with E-state index in [1.54, 1.807) is 11.3 Å². The minimum Gasteiger partial charge on any atom is -0.508 e. The maximum Gasteiger partial charge on any atom is 0.117 e. The van der Waals surface area contributed by atoms with Crippen molar-refractivity contribution in [2.24, 2.45) is 0 Å². The molecular formula is C17H22N2O. The molecule has 20 heavy (non-hydrogen) atoms. The lowest BCUT2D eigenvalue weighted by Gasteiger charge is -2.29. The molecule has 4 rings (SSSR count). The van der Waals surface area contributed by atoms with Crippen molar-refractivity contribution in [3.8, 4) is 5.75 Å². The lowest BCUT2D eigenvalue weighted by molar-refractivity contribution is 0.255. The van der Waals surface area contributed by atoms with Crippen molar-refractivity contribution in [2.75, 3.05) is 20.1 Å². The molecule has 1 aromatic carbocycles. The van der Waals surface area contributed by atoms with E-state index >= 15 is 0 Å². The highest BCUT2D eigenvalue weighted by atomic mass is 16.3. The Morgan fingerprint density at radius 2 is 1.95 bits per heavy atom. The van der Waals surface area contributed by atoms with Crippen molar-refractivity contribution in [1.29, 1.82) is 0 Å². The summed E-state index contributed by atoms with van der Waals surface area (Å²) < 4.78 is 2.45. The smallest absolute Gasteiger partial charge is 0.117 e. The summed E-state index contributed by atoms with van der Waals surface area (Å²) in [4.78, 5) is 2.43. The number of phenolic OH excluding ortho intramolecular Hbond substituents is 1. The summed E-state index contributed by atoms with van der Waals surface area (Å²) in [7, 11) is 2.22. The van der Waals surface area contributed by atoms with Gasteiger partial charge >= 0.3 is 0 Å². The van der Waals surface area contributed by atoms with Crippen LogP contribution in [0, 0.1) is 0 Å². The third-order valence-corrected chi connectivity index (χ3v) is 5.12. The van der Waals surface area contributed by atoms with Gasteiger partial charge in [-0.1, -0.05) is 0 Å². The molecule has 106 valence electrons. The Hall–Kier alpha value is -1.48. The second kappa shape index (κ2) is 4.52. The number of hydrogen-bond acceptors (Lipinski definition) is 2. The molecule has 1 saturated heterocycles. The standard InChI is InChI=1S/C17H22N2O/c1-18-9-6-12(7-10-18)17-14-5-4-13(20)11-16(14)19-8-2-3-15(17)19/h4-5,11-12,20H,2-3,6-10H2,1H3. The van der Waals surface area contributed by atoms with Gasteiger partial charge in [-0.3, -0.25) is 0 Å². The van der Waals surface area contributed by atoms with E-state index in [4.69, 9.17) is 0 Å². The van der Waals surface area contributed by atoms with Gasteiger partial charge in [-0.25, -0.2) is 0 Å². The summed E-state index contributed by atoms with van der Waals surface area (Å²) >= 11 is 0. The predicted molar refractivity (Wildman–Crippen MR) is 81.4 cm³/mol. The van der Waals surface area contributed by atoms with Crippen LogP contribution in [0.1, 0.15) is 36.4 Å². The first kappa shape index (κ1) is 12.3. The fraction of sp³-hybridized carbons (Fsp3) is 0.529. The highest BCUT2D eigenvalue weighted by molar-refractivity contribution is 5.87. The molecule has 0 saturated carbocycles. The Balaban J connectivity index is 1.86. The Bertz CT molecular complexity index is 651. The van der Waals surface area contributed by atoms with Gasteiger partial charge in [0.15, 0.2) is 0 Å². The normalized spacial score (nSPS) is 20.6. The number of phenols is 1. The summed E-state index contributed by atoms with van der Waals surface area (Å²) in [5.74, 6) is 1.09. The van der Waals surface area contributed by atoms with Crippen molar-refractivity contribution in [3.63, 3.8) is 0 Å². The summed E-state index contributed by atoms with van der Waals surface area (Å²) in [5.41, 5.74) is 4.37. The number of rotatable bonds is 1. The first-order chi connectivity index (χ1) is 9.74. The second-order valence-electron chi connectivity index (χ2n) is 6.39. The Morgan fingerprint density at radius 1 is 1.15 bits per heavy atom. The molecule has 3 heterocycles. The molecule has 3 nitrogen and oxygen atoms in total. The zero-order chi connectivity index (χ0) is 13.7. The largest absolute Gasteiger partial charge is 0.508 e. The molecule has 1 fully saturated rings. The van der Waals surface area contributed by atoms with Crippen LogP contribution < -0.4 is 0 Å². The molecule has 1 aromatic heterocycles. The van der Waals surface area contributed by atoms with E-state index < -0.39 is 0 Å². The van der Waals surface area contributed by atoms with E-state index in [1.807, 2.05) is 12.1 Å². The van der Waals surface area contributed by atoms with Crippen LogP contribution >= 0.6 is 0 Å². The molecule has 0 atom stereocenters. The van der Waals surface area contributed by atoms with Gasteiger partial charge in [-0.15, -0.1) is 0 Å². The third kappa shape index (κ3) is 1.76. The number of hydrogen-bond donors (Lipinski definition) is 1. The lowest BCUT2D eigenvalue weighted by atomic mass is 9.87. The van der Waals surface area contributed by atoms with Gasteiger partial charge in [-0.2, -0.15) is 0 Å². The topological polar surface area (TPSA) is 28.4 Å². The van der Waals surface area contributed by atoms with E-state index in [0.29, 0.717) is 11.7 Å². The van der Waals surface area contributed by atoms with Gasteiger partial charge in [0.25, 0.3) is 0 Å². The van der Waals surface area contributed by atoms with E-state index in [0.717, 1.165) is 6.54 Å². The van der Waals surface area contributed by atoms with Crippen LogP contribution in [0.25, 0.3) is 10.9 Å². The van der Waals surface area contributed by atoms with Crippen LogP contribution in [0.15, 0.2) is 18.2 Å². The quantitative estimate of drug-likeness (QED) is 0.862. The molecule has 0 bridgehead atoms. The van der Waals surface area contributed by atoms with Crippen molar-refractivity contribution in [3.05, 3.63) is 29.5 Å². The number of piperidine rings is 1. The van der Waals surface area contributed by atoms with E-state index in [2.05, 4.69) is 22.6 Å². The van der Waals surface area contributed by atoms with Crippen molar-refractivity contribution < 1.29 is 5.11 Å². The highest BCUT2D eigenvalue weighted by Gasteiger charge is 2.28. The molecule has 3 heteroatoms. The predicted octanol–water partition coefficient (Wildman–Crippen LogP) is 3.10. The van der Waals surface area contributed by atoms with Gasteiger partial charge in [0.2, 0.25) is 0 Å². The fourth-order valence-electron chi connectivity index (χ4n) is 4.10. The number of aryl methyl sites for hydroxylation is 1. The van der Waals surface area contributed by atoms with Crippen molar-refractivity contribution in [1.82, 2.24) is 9.47 Å². The minimum absolute atomic E-state index is 0.389. The number of aromatic nitrogens is 1. The monoisotopic (exact) mass is 270 g/mol. The van der Waals surface area contributed by atoms with E-state index in [9.17, 15) is 5.11 Å². The van der Waals surface area contributed by atoms with Crippen LogP contribution in [0.4, 0.5) is 0 Å². The molecule has 0 unspecified atom stereocenters. The third-order valence-electron chi connectivity index (χ3n) is 5.12. The fourth-order valence-corrected chi connectivity index (χ4v) is 4.10. The van der Waals surface area contributed by atoms with Crippen molar-refractivity contribution in [2.45, 2.75) is 38.1 Å². The van der Waals surface area contributed by atoms with Gasteiger partial charge < -0.3 is 14.6 Å². The summed E-state index contributed by atoms with van der Waals surface area (Å²) in [6.45, 7) is 3.52. The molecule has 0 spiro atoms. The van der Waals surface area contributed by atoms with Crippen LogP contribution in [0.5, 0.6) is 5.75 Å². The maximum absolute atomic E-state index is 9.80. The number of benzene rings is 1. The van der Waals surface area contributed by atoms with Gasteiger partial charge in [-0.05, 0) is 69.4 Å². The van der Waals surface area contributed by atoms with Crippen LogP contribution in [0.2, 0.25) is 0 Å². The zero-order valence-electron chi connectivity index (χ0n) is 12.1. The molecule has 0 radical (unpaired) electrons. The van der Waals surface area contributed by atoms with E-state index in [-0.39, 0.29) is 0 Å². The molecule has 2 aromatic rings. The zero-order valence-corrected chi connectivity index (χ0v) is 12.1. The summed E-state index contributed by atoms with van der Waals surface area (Å²) in [6, 6.07) is 5.92. The Kier molecular flexibility index (Phi) is 2.77. The van der Waals surface area contributed by atoms with Crippen LogP contribution in [-0.4, -0.2) is 34.7 Å². The van der Waals surface area contributed by atoms with Gasteiger partial charge in [0.05, 0.1) is 5.52 Å². The first-order valence-corrected chi connectivity index (χ1v) is 7.76. The van der Waals surface area contributed by atoms with Crippen LogP contribution in [0.3, 0.4) is 0 Å². The van der Waals surface area contributed by atoms with E-state index in [1.165, 1.54) is 49.7 Å². The number of likely N-dealkylation sites (tertiary alicyclic amines) is 1. The number of aromatic hydroxyl groups is 1. The average molecular weight is 270 g/mol. The first-order valence-electron chi connectivity index (χ1n) is 7.76. The molecule has 2 aliphatic rings. The van der Waals surface area contributed by atoms with Gasteiger partial charge in [0, 0.05) is 23.7 Å². The minimum atomic E-state index is 0.389. The van der Waals surface area contributed by atoms with Gasteiger partial charge in [0.1, 0.15) is 5.75 Å². The van der Waals surface area contributed by atoms with Crippen molar-refractivity contribution >= 4 is 10.9 Å². The maximum atomic E-state index is 9.80.